The van der Waals surface area contributed by atoms with Gasteiger partial charge in [-0.2, -0.15) is 5.10 Å². The van der Waals surface area contributed by atoms with E-state index in [4.69, 9.17) is 0 Å². The molecule has 0 atom stereocenters. The molecule has 0 saturated carbocycles. The highest BCUT2D eigenvalue weighted by Gasteiger charge is 2.08. The molecule has 14 heavy (non-hydrogen) atoms. The lowest BCUT2D eigenvalue weighted by atomic mass is 10.1. The zero-order valence-corrected chi connectivity index (χ0v) is 8.65. The number of nitrogens with zero attached hydrogens (tertiary/aromatic N) is 3. The van der Waals surface area contributed by atoms with Gasteiger partial charge in [0.05, 0.1) is 5.69 Å². The van der Waals surface area contributed by atoms with Crippen molar-refractivity contribution < 1.29 is 0 Å². The quantitative estimate of drug-likeness (QED) is 0.684. The second-order valence-electron chi connectivity index (χ2n) is 3.46. The monoisotopic (exact) mass is 187 g/mol. The van der Waals surface area contributed by atoms with E-state index < -0.39 is 0 Å². The van der Waals surface area contributed by atoms with Crippen molar-refractivity contribution in [2.24, 2.45) is 7.05 Å². The fraction of sp³-hybridized carbons (Fsp3) is 0.273. The molecule has 3 nitrogen and oxygen atoms in total. The molecule has 72 valence electrons. The van der Waals surface area contributed by atoms with Crippen molar-refractivity contribution in [1.29, 1.82) is 0 Å². The first-order valence-corrected chi connectivity index (χ1v) is 4.60. The van der Waals surface area contributed by atoms with E-state index in [1.807, 2.05) is 38.5 Å². The van der Waals surface area contributed by atoms with Gasteiger partial charge in [0.1, 0.15) is 0 Å². The van der Waals surface area contributed by atoms with Gasteiger partial charge >= 0.3 is 0 Å². The summed E-state index contributed by atoms with van der Waals surface area (Å²) in [5, 5.41) is 4.38. The maximum Gasteiger partial charge on any atom is 0.0943 e. The lowest BCUT2D eigenvalue weighted by Gasteiger charge is -2.04. The zero-order valence-electron chi connectivity index (χ0n) is 8.65. The van der Waals surface area contributed by atoms with Crippen molar-refractivity contribution in [3.63, 3.8) is 0 Å². The van der Waals surface area contributed by atoms with Crippen molar-refractivity contribution in [2.75, 3.05) is 0 Å². The van der Waals surface area contributed by atoms with Gasteiger partial charge in [0.2, 0.25) is 0 Å². The minimum atomic E-state index is 0.996. The summed E-state index contributed by atoms with van der Waals surface area (Å²) in [7, 11) is 1.92. The Morgan fingerprint density at radius 3 is 2.57 bits per heavy atom. The summed E-state index contributed by atoms with van der Waals surface area (Å²) in [5.41, 5.74) is 4.39. The third kappa shape index (κ3) is 1.41. The molecule has 2 heterocycles. The maximum absolute atomic E-state index is 4.38. The maximum atomic E-state index is 4.38. The Labute approximate surface area is 83.4 Å². The van der Waals surface area contributed by atoms with Crippen LogP contribution in [-0.2, 0) is 7.05 Å². The second kappa shape index (κ2) is 3.25. The molecule has 2 aromatic heterocycles. The van der Waals surface area contributed by atoms with Gasteiger partial charge in [-0.3, -0.25) is 9.67 Å². The Hall–Kier alpha value is -1.64. The summed E-state index contributed by atoms with van der Waals surface area (Å²) in [4.78, 5) is 4.28. The Morgan fingerprint density at radius 2 is 2.00 bits per heavy atom. The highest BCUT2D eigenvalue weighted by atomic mass is 15.2. The van der Waals surface area contributed by atoms with Gasteiger partial charge in [-0.15, -0.1) is 0 Å². The standard InChI is InChI=1S/C11H13N3/c1-8-4-6-12-9(2)11(8)10-5-7-14(3)13-10/h4-7H,1-3H3. The molecular formula is C11H13N3. The summed E-state index contributed by atoms with van der Waals surface area (Å²) >= 11 is 0. The van der Waals surface area contributed by atoms with Crippen LogP contribution in [0.3, 0.4) is 0 Å². The van der Waals surface area contributed by atoms with Gasteiger partial charge in [0, 0.05) is 30.7 Å². The van der Waals surface area contributed by atoms with Crippen LogP contribution in [0.25, 0.3) is 11.3 Å². The Balaban J connectivity index is 2.61. The lowest BCUT2D eigenvalue weighted by molar-refractivity contribution is 0.770. The van der Waals surface area contributed by atoms with Gasteiger partial charge in [-0.1, -0.05) is 0 Å². The predicted molar refractivity (Wildman–Crippen MR) is 55.9 cm³/mol. The van der Waals surface area contributed by atoms with Gasteiger partial charge < -0.3 is 0 Å². The van der Waals surface area contributed by atoms with Crippen LogP contribution in [0.4, 0.5) is 0 Å². The van der Waals surface area contributed by atoms with E-state index in [2.05, 4.69) is 17.0 Å². The average molecular weight is 187 g/mol. The third-order valence-corrected chi connectivity index (χ3v) is 2.32. The van der Waals surface area contributed by atoms with Crippen LogP contribution in [0.15, 0.2) is 24.5 Å². The molecule has 0 N–H and O–H groups in total. The SMILES string of the molecule is Cc1ccnc(C)c1-c1ccn(C)n1. The smallest absolute Gasteiger partial charge is 0.0943 e. The van der Waals surface area contributed by atoms with Crippen LogP contribution in [0, 0.1) is 13.8 Å². The number of hydrogen-bond acceptors (Lipinski definition) is 2. The number of pyridine rings is 1. The highest BCUT2D eigenvalue weighted by molar-refractivity contribution is 5.65. The molecule has 0 spiro atoms. The summed E-state index contributed by atoms with van der Waals surface area (Å²) in [6.45, 7) is 4.09. The molecular weight excluding hydrogens is 174 g/mol. The molecule has 0 aliphatic rings. The van der Waals surface area contributed by atoms with Crippen LogP contribution < -0.4 is 0 Å². The van der Waals surface area contributed by atoms with Gasteiger partial charge in [0.25, 0.3) is 0 Å². The van der Waals surface area contributed by atoms with Crippen molar-refractivity contribution >= 4 is 0 Å². The van der Waals surface area contributed by atoms with Crippen LogP contribution in [0.1, 0.15) is 11.3 Å². The van der Waals surface area contributed by atoms with Crippen LogP contribution in [-0.4, -0.2) is 14.8 Å². The highest BCUT2D eigenvalue weighted by Crippen LogP contribution is 2.23. The van der Waals surface area contributed by atoms with E-state index >= 15 is 0 Å². The van der Waals surface area contributed by atoms with Gasteiger partial charge in [-0.05, 0) is 31.5 Å². The van der Waals surface area contributed by atoms with Crippen molar-refractivity contribution in [1.82, 2.24) is 14.8 Å². The number of aryl methyl sites for hydroxylation is 3. The minimum Gasteiger partial charge on any atom is -0.275 e. The van der Waals surface area contributed by atoms with Crippen molar-refractivity contribution in [3.8, 4) is 11.3 Å². The first kappa shape index (κ1) is 8.94. The fourth-order valence-electron chi connectivity index (χ4n) is 1.63. The normalized spacial score (nSPS) is 10.5. The summed E-state index contributed by atoms with van der Waals surface area (Å²) in [6.07, 6.45) is 3.78. The lowest BCUT2D eigenvalue weighted by Crippen LogP contribution is -1.93. The summed E-state index contributed by atoms with van der Waals surface area (Å²) in [5.74, 6) is 0. The molecule has 0 unspecified atom stereocenters. The van der Waals surface area contributed by atoms with Gasteiger partial charge in [0.15, 0.2) is 0 Å². The van der Waals surface area contributed by atoms with E-state index in [1.165, 1.54) is 5.56 Å². The molecule has 0 amide bonds. The molecule has 2 rings (SSSR count). The van der Waals surface area contributed by atoms with Crippen molar-refractivity contribution in [3.05, 3.63) is 35.8 Å². The van der Waals surface area contributed by atoms with E-state index in [9.17, 15) is 0 Å². The van der Waals surface area contributed by atoms with Crippen LogP contribution >= 0.6 is 0 Å². The third-order valence-electron chi connectivity index (χ3n) is 2.32. The summed E-state index contributed by atoms with van der Waals surface area (Å²) < 4.78 is 1.81. The summed E-state index contributed by atoms with van der Waals surface area (Å²) in [6, 6.07) is 4.02. The molecule has 2 aromatic rings. The van der Waals surface area contributed by atoms with E-state index in [-0.39, 0.29) is 0 Å². The molecule has 0 aliphatic carbocycles. The Bertz CT molecular complexity index is 437. The van der Waals surface area contributed by atoms with Crippen LogP contribution in [0.5, 0.6) is 0 Å². The van der Waals surface area contributed by atoms with Gasteiger partial charge in [-0.25, -0.2) is 0 Å². The second-order valence-corrected chi connectivity index (χ2v) is 3.46. The first-order valence-electron chi connectivity index (χ1n) is 4.60. The zero-order chi connectivity index (χ0) is 10.1. The molecule has 0 aromatic carbocycles. The molecule has 0 bridgehead atoms. The van der Waals surface area contributed by atoms with E-state index in [0.717, 1.165) is 17.0 Å². The fourth-order valence-corrected chi connectivity index (χ4v) is 1.63. The number of rotatable bonds is 1. The van der Waals surface area contributed by atoms with E-state index in [1.54, 1.807) is 4.68 Å². The van der Waals surface area contributed by atoms with Crippen molar-refractivity contribution in [2.45, 2.75) is 13.8 Å². The molecule has 3 heteroatoms. The molecule has 0 aliphatic heterocycles. The molecule has 0 fully saturated rings. The first-order chi connectivity index (χ1) is 6.68. The Morgan fingerprint density at radius 1 is 1.21 bits per heavy atom. The van der Waals surface area contributed by atoms with E-state index in [0.29, 0.717) is 0 Å². The average Bonchev–Trinajstić information content (AvgIpc) is 2.51. The molecule has 0 saturated heterocycles. The predicted octanol–water partition coefficient (Wildman–Crippen LogP) is 2.10. The number of aromatic nitrogens is 3. The van der Waals surface area contributed by atoms with Crippen LogP contribution in [0.2, 0.25) is 0 Å². The topological polar surface area (TPSA) is 30.7 Å². The molecule has 0 radical (unpaired) electrons. The number of hydrogen-bond donors (Lipinski definition) is 0. The minimum absolute atomic E-state index is 0.996. The largest absolute Gasteiger partial charge is 0.275 e. The Kier molecular flexibility index (Phi) is 2.08.